The van der Waals surface area contributed by atoms with Gasteiger partial charge in [-0.25, -0.2) is 9.37 Å². The van der Waals surface area contributed by atoms with E-state index in [0.717, 1.165) is 23.3 Å². The maximum atomic E-state index is 13.8. The van der Waals surface area contributed by atoms with Crippen molar-refractivity contribution in [2.24, 2.45) is 4.99 Å². The number of imidazole rings is 1. The van der Waals surface area contributed by atoms with Crippen molar-refractivity contribution in [3.8, 4) is 0 Å². The van der Waals surface area contributed by atoms with Crippen molar-refractivity contribution in [3.05, 3.63) is 71.4 Å². The van der Waals surface area contributed by atoms with Crippen LogP contribution in [0.5, 0.6) is 0 Å². The largest absolute Gasteiger partial charge is 0.356 e. The maximum absolute atomic E-state index is 13.8. The minimum absolute atomic E-state index is 0.0495. The average molecular weight is 353 g/mol. The van der Waals surface area contributed by atoms with Gasteiger partial charge in [0.1, 0.15) is 11.5 Å². The number of hydrogen-bond donors (Lipinski definition) is 2. The molecule has 3 aromatic rings. The van der Waals surface area contributed by atoms with Gasteiger partial charge in [0.15, 0.2) is 5.96 Å². The lowest BCUT2D eigenvalue weighted by Gasteiger charge is -2.18. The topological polar surface area (TPSA) is 53.7 Å². The summed E-state index contributed by atoms with van der Waals surface area (Å²) in [6.07, 6.45) is 4.81. The number of nitrogens with zero attached hydrogens (tertiary/aromatic N) is 3. The maximum Gasteiger partial charge on any atom is 0.191 e. The average Bonchev–Trinajstić information content (AvgIpc) is 3.05. The van der Waals surface area contributed by atoms with E-state index in [2.05, 4.69) is 20.6 Å². The van der Waals surface area contributed by atoms with Crippen LogP contribution in [-0.2, 0) is 6.42 Å². The minimum atomic E-state index is -0.189. The van der Waals surface area contributed by atoms with Gasteiger partial charge >= 0.3 is 0 Å². The lowest BCUT2D eigenvalue weighted by molar-refractivity contribution is 0.607. The van der Waals surface area contributed by atoms with Gasteiger partial charge in [-0.15, -0.1) is 0 Å². The second-order valence-corrected chi connectivity index (χ2v) is 6.32. The summed E-state index contributed by atoms with van der Waals surface area (Å²) in [5.74, 6) is 0.494. The van der Waals surface area contributed by atoms with Crippen LogP contribution in [0, 0.1) is 12.7 Å². The summed E-state index contributed by atoms with van der Waals surface area (Å²) in [6.45, 7) is 4.45. The van der Waals surface area contributed by atoms with Crippen LogP contribution in [-0.4, -0.2) is 28.9 Å². The molecule has 0 amide bonds. The van der Waals surface area contributed by atoms with Gasteiger partial charge in [-0.2, -0.15) is 0 Å². The van der Waals surface area contributed by atoms with E-state index in [1.807, 2.05) is 48.0 Å². The van der Waals surface area contributed by atoms with E-state index in [4.69, 9.17) is 0 Å². The van der Waals surface area contributed by atoms with E-state index in [0.29, 0.717) is 18.1 Å². The molecule has 0 radical (unpaired) electrons. The van der Waals surface area contributed by atoms with Gasteiger partial charge in [0.2, 0.25) is 0 Å². The van der Waals surface area contributed by atoms with Crippen molar-refractivity contribution < 1.29 is 4.39 Å². The van der Waals surface area contributed by atoms with Crippen LogP contribution in [0.4, 0.5) is 4.39 Å². The van der Waals surface area contributed by atoms with Crippen LogP contribution in [0.15, 0.2) is 53.8 Å². The number of hydrogen-bond acceptors (Lipinski definition) is 2. The van der Waals surface area contributed by atoms with Crippen molar-refractivity contribution >= 4 is 11.6 Å². The summed E-state index contributed by atoms with van der Waals surface area (Å²) in [7, 11) is 1.72. The fourth-order valence-electron chi connectivity index (χ4n) is 2.78. The van der Waals surface area contributed by atoms with Crippen molar-refractivity contribution in [1.29, 1.82) is 0 Å². The van der Waals surface area contributed by atoms with Crippen molar-refractivity contribution in [1.82, 2.24) is 20.0 Å². The SMILES string of the molecule is CN=C(NCCc1cn2ccccc2n1)NC(C)c1ccc(C)c(F)c1. The predicted octanol–water partition coefficient (Wildman–Crippen LogP) is 3.25. The Bertz CT molecular complexity index is 882. The van der Waals surface area contributed by atoms with E-state index in [9.17, 15) is 4.39 Å². The molecule has 1 atom stereocenters. The Kier molecular flexibility index (Phi) is 5.51. The Morgan fingerprint density at radius 2 is 2.15 bits per heavy atom. The molecule has 0 aliphatic rings. The molecule has 2 N–H and O–H groups in total. The second kappa shape index (κ2) is 7.99. The van der Waals surface area contributed by atoms with Crippen LogP contribution in [0.3, 0.4) is 0 Å². The number of fused-ring (bicyclic) bond motifs is 1. The lowest BCUT2D eigenvalue weighted by atomic mass is 10.1. The molecule has 0 aliphatic heterocycles. The highest BCUT2D eigenvalue weighted by molar-refractivity contribution is 5.80. The molecule has 1 aromatic carbocycles. The zero-order valence-corrected chi connectivity index (χ0v) is 15.3. The van der Waals surface area contributed by atoms with Gasteiger partial charge in [0, 0.05) is 32.4 Å². The zero-order chi connectivity index (χ0) is 18.5. The summed E-state index contributed by atoms with van der Waals surface area (Å²) >= 11 is 0. The first kappa shape index (κ1) is 17.9. The number of benzene rings is 1. The summed E-state index contributed by atoms with van der Waals surface area (Å²) in [5.41, 5.74) is 3.50. The number of pyridine rings is 1. The summed E-state index contributed by atoms with van der Waals surface area (Å²) in [6, 6.07) is 11.2. The van der Waals surface area contributed by atoms with E-state index in [1.165, 1.54) is 0 Å². The van der Waals surface area contributed by atoms with Crippen LogP contribution >= 0.6 is 0 Å². The van der Waals surface area contributed by atoms with Crippen molar-refractivity contribution in [2.75, 3.05) is 13.6 Å². The number of halogens is 1. The van der Waals surface area contributed by atoms with Gasteiger partial charge in [-0.1, -0.05) is 18.2 Å². The first-order valence-electron chi connectivity index (χ1n) is 8.72. The molecule has 0 fully saturated rings. The molecule has 136 valence electrons. The molecule has 0 saturated carbocycles. The molecule has 26 heavy (non-hydrogen) atoms. The Morgan fingerprint density at radius 3 is 2.88 bits per heavy atom. The molecule has 0 bridgehead atoms. The first-order chi connectivity index (χ1) is 12.6. The highest BCUT2D eigenvalue weighted by Gasteiger charge is 2.10. The van der Waals surface area contributed by atoms with E-state index >= 15 is 0 Å². The van der Waals surface area contributed by atoms with E-state index < -0.39 is 0 Å². The van der Waals surface area contributed by atoms with Crippen LogP contribution in [0.1, 0.15) is 29.8 Å². The molecule has 2 heterocycles. The van der Waals surface area contributed by atoms with E-state index in [-0.39, 0.29) is 11.9 Å². The minimum Gasteiger partial charge on any atom is -0.356 e. The Balaban J connectivity index is 1.55. The molecule has 0 spiro atoms. The number of guanidine groups is 1. The van der Waals surface area contributed by atoms with Gasteiger partial charge in [-0.05, 0) is 43.2 Å². The highest BCUT2D eigenvalue weighted by Crippen LogP contribution is 2.16. The number of aliphatic imine (C=N–C) groups is 1. The standard InChI is InChI=1S/C20H24FN5/c1-14-7-8-16(12-18(14)21)15(2)24-20(22-3)23-10-9-17-13-26-11-5-4-6-19(26)25-17/h4-8,11-13,15H,9-10H2,1-3H3,(H2,22,23,24). The summed E-state index contributed by atoms with van der Waals surface area (Å²) < 4.78 is 15.8. The molecule has 5 nitrogen and oxygen atoms in total. The third kappa shape index (κ3) is 4.20. The first-order valence-corrected chi connectivity index (χ1v) is 8.72. The van der Waals surface area contributed by atoms with Crippen molar-refractivity contribution in [2.45, 2.75) is 26.3 Å². The monoisotopic (exact) mass is 353 g/mol. The molecule has 0 saturated heterocycles. The molecule has 3 rings (SSSR count). The Morgan fingerprint density at radius 1 is 1.31 bits per heavy atom. The number of aromatic nitrogens is 2. The number of rotatable bonds is 5. The van der Waals surface area contributed by atoms with Gasteiger partial charge in [0.25, 0.3) is 0 Å². The molecular weight excluding hydrogens is 329 g/mol. The van der Waals surface area contributed by atoms with Crippen molar-refractivity contribution in [3.63, 3.8) is 0 Å². The fraction of sp³-hybridized carbons (Fsp3) is 0.300. The third-order valence-electron chi connectivity index (χ3n) is 4.36. The Hall–Kier alpha value is -2.89. The molecule has 1 unspecified atom stereocenters. The molecule has 0 aliphatic carbocycles. The second-order valence-electron chi connectivity index (χ2n) is 6.32. The Labute approximate surface area is 153 Å². The molecular formula is C20H24FN5. The van der Waals surface area contributed by atoms with Crippen LogP contribution in [0.2, 0.25) is 0 Å². The van der Waals surface area contributed by atoms with Gasteiger partial charge in [-0.3, -0.25) is 4.99 Å². The third-order valence-corrected chi connectivity index (χ3v) is 4.36. The lowest BCUT2D eigenvalue weighted by Crippen LogP contribution is -2.39. The zero-order valence-electron chi connectivity index (χ0n) is 15.3. The summed E-state index contributed by atoms with van der Waals surface area (Å²) in [5, 5.41) is 6.57. The van der Waals surface area contributed by atoms with Gasteiger partial charge < -0.3 is 15.0 Å². The van der Waals surface area contributed by atoms with Gasteiger partial charge in [0.05, 0.1) is 11.7 Å². The van der Waals surface area contributed by atoms with E-state index in [1.54, 1.807) is 26.1 Å². The number of aryl methyl sites for hydroxylation is 1. The van der Waals surface area contributed by atoms with Crippen LogP contribution < -0.4 is 10.6 Å². The smallest absolute Gasteiger partial charge is 0.191 e. The predicted molar refractivity (Wildman–Crippen MR) is 103 cm³/mol. The highest BCUT2D eigenvalue weighted by atomic mass is 19.1. The number of nitrogens with one attached hydrogen (secondary N) is 2. The molecule has 2 aromatic heterocycles. The molecule has 6 heteroatoms. The van der Waals surface area contributed by atoms with Crippen LogP contribution in [0.25, 0.3) is 5.65 Å². The normalized spacial score (nSPS) is 13.0. The summed E-state index contributed by atoms with van der Waals surface area (Å²) in [4.78, 5) is 8.83. The quantitative estimate of drug-likeness (QED) is 0.547. The fourth-order valence-corrected chi connectivity index (χ4v) is 2.78.